The molecule has 0 aromatic rings. The molecule has 0 unspecified atom stereocenters. The fourth-order valence-corrected chi connectivity index (χ4v) is 0.233. The van der Waals surface area contributed by atoms with E-state index in [0.29, 0.717) is 6.61 Å². The van der Waals surface area contributed by atoms with E-state index in [0.717, 1.165) is 0 Å². The molecule has 0 bridgehead atoms. The van der Waals surface area contributed by atoms with E-state index in [1.54, 1.807) is 6.92 Å². The Labute approximate surface area is 43.5 Å². The summed E-state index contributed by atoms with van der Waals surface area (Å²) in [6, 6.07) is 0. The predicted octanol–water partition coefficient (Wildman–Crippen LogP) is 0.774. The third kappa shape index (κ3) is 3.30. The highest BCUT2D eigenvalue weighted by atomic mass is 16.5. The Balaban J connectivity index is 3.00. The van der Waals surface area contributed by atoms with Crippen molar-refractivity contribution in [1.82, 2.24) is 0 Å². The van der Waals surface area contributed by atoms with Crippen molar-refractivity contribution in [3.63, 3.8) is 0 Å². The lowest BCUT2D eigenvalue weighted by molar-refractivity contribution is -0.142. The average Bonchev–Trinajstić information content (AvgIpc) is 1.68. The highest BCUT2D eigenvalue weighted by Gasteiger charge is 1.86. The summed E-state index contributed by atoms with van der Waals surface area (Å²) in [5.41, 5.74) is 0. The van der Waals surface area contributed by atoms with Crippen molar-refractivity contribution in [3.8, 4) is 0 Å². The molecule has 0 aliphatic heterocycles. The second kappa shape index (κ2) is 3.65. The maximum atomic E-state index is 10.1. The normalized spacial score (nSPS) is 8.29. The zero-order chi connectivity index (χ0) is 5.70. The Morgan fingerprint density at radius 2 is 2.43 bits per heavy atom. The molecule has 0 saturated carbocycles. The molecule has 0 heterocycles. The first-order chi connectivity index (χ1) is 3.31. The lowest BCUT2D eigenvalue weighted by Gasteiger charge is -1.97. The molecule has 0 aromatic heterocycles. The van der Waals surface area contributed by atoms with Crippen molar-refractivity contribution in [1.29, 1.82) is 0 Å². The molecule has 0 saturated heterocycles. The second-order valence-electron chi connectivity index (χ2n) is 1.06. The fourth-order valence-electron chi connectivity index (χ4n) is 0.233. The maximum absolute atomic E-state index is 10.1. The molecular weight excluding hydrogens is 92.1 g/mol. The Morgan fingerprint density at radius 1 is 1.86 bits per heavy atom. The third-order valence-electron chi connectivity index (χ3n) is 0.509. The summed E-state index contributed by atoms with van der Waals surface area (Å²) in [7, 11) is 0. The Hall–Kier alpha value is -0.530. The minimum atomic E-state index is -0.234. The van der Waals surface area contributed by atoms with Crippen molar-refractivity contribution in [2.45, 2.75) is 13.3 Å². The predicted molar refractivity (Wildman–Crippen MR) is 26.6 cm³/mol. The molecule has 0 spiro atoms. The van der Waals surface area contributed by atoms with Crippen molar-refractivity contribution in [2.24, 2.45) is 0 Å². The summed E-state index contributed by atoms with van der Waals surface area (Å²) in [5, 5.41) is 0. The van der Waals surface area contributed by atoms with Gasteiger partial charge in [0.1, 0.15) is 0 Å². The van der Waals surface area contributed by atoms with E-state index < -0.39 is 0 Å². The van der Waals surface area contributed by atoms with Crippen LogP contribution in [0.3, 0.4) is 0 Å². The SMILES string of the molecule is [CH2-]CC(=O)OCC. The van der Waals surface area contributed by atoms with Crippen LogP contribution in [0.1, 0.15) is 13.3 Å². The van der Waals surface area contributed by atoms with Crippen LogP contribution in [0.5, 0.6) is 0 Å². The van der Waals surface area contributed by atoms with Gasteiger partial charge < -0.3 is 11.7 Å². The minimum Gasteiger partial charge on any atom is -0.468 e. The highest BCUT2D eigenvalue weighted by molar-refractivity contribution is 5.69. The lowest BCUT2D eigenvalue weighted by Crippen LogP contribution is -2.00. The summed E-state index contributed by atoms with van der Waals surface area (Å²) < 4.78 is 4.49. The van der Waals surface area contributed by atoms with E-state index in [9.17, 15) is 4.79 Å². The monoisotopic (exact) mass is 101 g/mol. The Kier molecular flexibility index (Phi) is 3.38. The largest absolute Gasteiger partial charge is 0.468 e. The number of ether oxygens (including phenoxy) is 1. The third-order valence-corrected chi connectivity index (χ3v) is 0.509. The first-order valence-corrected chi connectivity index (χ1v) is 2.26. The van der Waals surface area contributed by atoms with Gasteiger partial charge in [-0.3, -0.25) is 4.79 Å². The second-order valence-corrected chi connectivity index (χ2v) is 1.06. The molecule has 0 aliphatic carbocycles. The van der Waals surface area contributed by atoms with Crippen molar-refractivity contribution >= 4 is 5.97 Å². The molecule has 2 heteroatoms. The number of esters is 1. The van der Waals surface area contributed by atoms with Gasteiger partial charge in [0.25, 0.3) is 5.97 Å². The van der Waals surface area contributed by atoms with Crippen LogP contribution in [0.4, 0.5) is 0 Å². The summed E-state index contributed by atoms with van der Waals surface area (Å²) in [6.07, 6.45) is 0.230. The topological polar surface area (TPSA) is 26.3 Å². The van der Waals surface area contributed by atoms with Gasteiger partial charge in [0.15, 0.2) is 0 Å². The number of carbonyl (C=O) groups is 1. The van der Waals surface area contributed by atoms with Crippen LogP contribution < -0.4 is 0 Å². The van der Waals surface area contributed by atoms with Gasteiger partial charge in [0, 0.05) is 0 Å². The molecule has 0 rings (SSSR count). The molecule has 0 fully saturated rings. The van der Waals surface area contributed by atoms with Crippen LogP contribution in [0.15, 0.2) is 0 Å². The highest BCUT2D eigenvalue weighted by Crippen LogP contribution is 1.80. The van der Waals surface area contributed by atoms with E-state index in [2.05, 4.69) is 11.7 Å². The molecule has 0 amide bonds. The van der Waals surface area contributed by atoms with Crippen LogP contribution in [0.2, 0.25) is 0 Å². The summed E-state index contributed by atoms with van der Waals surface area (Å²) >= 11 is 0. The van der Waals surface area contributed by atoms with E-state index in [-0.39, 0.29) is 12.4 Å². The summed E-state index contributed by atoms with van der Waals surface area (Å²) in [4.78, 5) is 10.1. The van der Waals surface area contributed by atoms with E-state index in [1.165, 1.54) is 0 Å². The number of hydrogen-bond acceptors (Lipinski definition) is 2. The van der Waals surface area contributed by atoms with E-state index in [4.69, 9.17) is 0 Å². The zero-order valence-electron chi connectivity index (χ0n) is 4.44. The number of rotatable bonds is 2. The van der Waals surface area contributed by atoms with Gasteiger partial charge in [-0.05, 0) is 6.92 Å². The maximum Gasteiger partial charge on any atom is 0.275 e. The lowest BCUT2D eigenvalue weighted by atomic mass is 10.5. The smallest absolute Gasteiger partial charge is 0.275 e. The first-order valence-electron chi connectivity index (χ1n) is 2.26. The minimum absolute atomic E-state index is 0.230. The fraction of sp³-hybridized carbons (Fsp3) is 0.600. The number of hydrogen-bond donors (Lipinski definition) is 0. The molecular formula is C5H9O2-. The first kappa shape index (κ1) is 6.47. The van der Waals surface area contributed by atoms with Gasteiger partial charge in [-0.2, -0.15) is 0 Å². The molecule has 7 heavy (non-hydrogen) atoms. The molecule has 2 nitrogen and oxygen atoms in total. The van der Waals surface area contributed by atoms with Gasteiger partial charge in [-0.1, -0.05) is 6.42 Å². The molecule has 0 aliphatic rings. The van der Waals surface area contributed by atoms with Gasteiger partial charge in [0.05, 0.1) is 6.61 Å². The van der Waals surface area contributed by atoms with Gasteiger partial charge in [-0.15, -0.1) is 0 Å². The molecule has 0 radical (unpaired) electrons. The standard InChI is InChI=1S/C5H9O2/c1-3-5(6)7-4-2/h1,3-4H2,2H3/q-1. The van der Waals surface area contributed by atoms with Crippen LogP contribution in [-0.4, -0.2) is 12.6 Å². The molecule has 0 N–H and O–H groups in total. The Bertz CT molecular complexity index is 59.1. The molecule has 42 valence electrons. The van der Waals surface area contributed by atoms with Crippen LogP contribution in [0, 0.1) is 6.92 Å². The van der Waals surface area contributed by atoms with Gasteiger partial charge >= 0.3 is 0 Å². The zero-order valence-corrected chi connectivity index (χ0v) is 4.44. The van der Waals surface area contributed by atoms with Crippen LogP contribution in [-0.2, 0) is 9.53 Å². The molecule has 0 aromatic carbocycles. The number of carbonyl (C=O) groups excluding carboxylic acids is 1. The van der Waals surface area contributed by atoms with Crippen molar-refractivity contribution in [2.75, 3.05) is 6.61 Å². The Morgan fingerprint density at radius 3 is 2.57 bits per heavy atom. The van der Waals surface area contributed by atoms with E-state index in [1.807, 2.05) is 0 Å². The van der Waals surface area contributed by atoms with Gasteiger partial charge in [-0.25, -0.2) is 0 Å². The quantitative estimate of drug-likeness (QED) is 0.379. The average molecular weight is 101 g/mol. The van der Waals surface area contributed by atoms with Crippen LogP contribution >= 0.6 is 0 Å². The van der Waals surface area contributed by atoms with Gasteiger partial charge in [0.2, 0.25) is 0 Å². The summed E-state index contributed by atoms with van der Waals surface area (Å²) in [5.74, 6) is -0.234. The van der Waals surface area contributed by atoms with Crippen molar-refractivity contribution in [3.05, 3.63) is 6.92 Å². The van der Waals surface area contributed by atoms with Crippen LogP contribution in [0.25, 0.3) is 0 Å². The summed E-state index contributed by atoms with van der Waals surface area (Å²) in [6.45, 7) is 5.55. The van der Waals surface area contributed by atoms with E-state index >= 15 is 0 Å². The van der Waals surface area contributed by atoms with Crippen molar-refractivity contribution < 1.29 is 9.53 Å². The molecule has 0 atom stereocenters.